The first-order valence-corrected chi connectivity index (χ1v) is 11.7. The van der Waals surface area contributed by atoms with E-state index in [0.717, 1.165) is 17.7 Å². The molecular formula is C23H29N5O5S. The molecule has 4 amide bonds. The molecule has 1 aliphatic rings. The number of pyridine rings is 1. The number of rotatable bonds is 4. The molecule has 34 heavy (non-hydrogen) atoms. The summed E-state index contributed by atoms with van der Waals surface area (Å²) in [5.41, 5.74) is 5.62. The minimum atomic E-state index is -0.785. The number of nitrogens with two attached hydrogens (primary N) is 1. The van der Waals surface area contributed by atoms with Gasteiger partial charge in [0.15, 0.2) is 0 Å². The first-order valence-electron chi connectivity index (χ1n) is 10.9. The highest BCUT2D eigenvalue weighted by Crippen LogP contribution is 2.35. The Bertz CT molecular complexity index is 1110. The fourth-order valence-corrected chi connectivity index (χ4v) is 4.63. The second-order valence-electron chi connectivity index (χ2n) is 9.05. The number of carbonyl (C=O) groups is 4. The van der Waals surface area contributed by atoms with Gasteiger partial charge in [-0.2, -0.15) is 0 Å². The lowest BCUT2D eigenvalue weighted by molar-refractivity contribution is -0.145. The quantitative estimate of drug-likeness (QED) is 0.562. The van der Waals surface area contributed by atoms with Gasteiger partial charge in [-0.05, 0) is 70.7 Å². The monoisotopic (exact) mass is 487 g/mol. The maximum atomic E-state index is 13.0. The summed E-state index contributed by atoms with van der Waals surface area (Å²) < 4.78 is 5.22. The van der Waals surface area contributed by atoms with Crippen molar-refractivity contribution in [3.63, 3.8) is 0 Å². The van der Waals surface area contributed by atoms with Gasteiger partial charge in [-0.15, -0.1) is 11.3 Å². The Hall–Kier alpha value is -3.47. The molecule has 1 fully saturated rings. The fourth-order valence-electron chi connectivity index (χ4n) is 3.62. The summed E-state index contributed by atoms with van der Waals surface area (Å²) in [7, 11) is 0. The summed E-state index contributed by atoms with van der Waals surface area (Å²) in [4.78, 5) is 56.1. The number of hydrogen-bond donors (Lipinski definition) is 3. The number of hydrogen-bond acceptors (Lipinski definition) is 7. The molecule has 3 rings (SSSR count). The number of piperidine rings is 1. The Morgan fingerprint density at radius 1 is 1.18 bits per heavy atom. The number of primary amides is 1. The van der Waals surface area contributed by atoms with Crippen LogP contribution in [0.3, 0.4) is 0 Å². The van der Waals surface area contributed by atoms with Crippen LogP contribution in [0.4, 0.5) is 16.3 Å². The summed E-state index contributed by atoms with van der Waals surface area (Å²) in [6.45, 7) is 7.42. The normalized spacial score (nSPS) is 16.0. The zero-order valence-corrected chi connectivity index (χ0v) is 20.5. The average molecular weight is 488 g/mol. The van der Waals surface area contributed by atoms with E-state index in [-0.39, 0.29) is 11.9 Å². The molecule has 1 saturated heterocycles. The highest BCUT2D eigenvalue weighted by molar-refractivity contribution is 7.14. The lowest BCUT2D eigenvalue weighted by Crippen LogP contribution is -2.44. The Morgan fingerprint density at radius 2 is 1.91 bits per heavy atom. The highest BCUT2D eigenvalue weighted by atomic mass is 32.1. The van der Waals surface area contributed by atoms with Gasteiger partial charge in [0, 0.05) is 11.4 Å². The molecule has 1 aliphatic heterocycles. The van der Waals surface area contributed by atoms with Crippen LogP contribution < -0.4 is 16.4 Å². The summed E-state index contributed by atoms with van der Waals surface area (Å²) in [6.07, 6.45) is 3.12. The van der Waals surface area contributed by atoms with Crippen LogP contribution in [-0.2, 0) is 14.3 Å². The van der Waals surface area contributed by atoms with Gasteiger partial charge in [0.25, 0.3) is 5.91 Å². The molecule has 0 unspecified atom stereocenters. The maximum Gasteiger partial charge on any atom is 0.413 e. The molecule has 2 aromatic heterocycles. The molecule has 0 spiro atoms. The van der Waals surface area contributed by atoms with Crippen LogP contribution in [0.2, 0.25) is 0 Å². The van der Waals surface area contributed by atoms with Crippen molar-refractivity contribution < 1.29 is 23.9 Å². The van der Waals surface area contributed by atoms with E-state index in [9.17, 15) is 19.2 Å². The Kier molecular flexibility index (Phi) is 7.55. The number of nitrogens with zero attached hydrogens (tertiary/aromatic N) is 2. The van der Waals surface area contributed by atoms with Crippen molar-refractivity contribution >= 4 is 46.7 Å². The molecule has 0 saturated carbocycles. The van der Waals surface area contributed by atoms with Gasteiger partial charge in [0.05, 0.1) is 22.8 Å². The molecule has 0 bridgehead atoms. The minimum absolute atomic E-state index is 0.287. The number of aromatic nitrogens is 1. The number of carbonyl (C=O) groups excluding carboxylic acids is 4. The standard InChI is InChI=1S/C23H29N5O5S/c1-13-11-14(12-25-19(13)27-22(32)33-23(2,3)4)26-20(30)21(31)28-10-6-5-7-15(28)16-8-9-17(34-16)18(24)29/h8-9,11-12,15H,5-7,10H2,1-4H3,(H2,24,29)(H,26,30)(H,25,27,32)/t15-/m0/s1. The van der Waals surface area contributed by atoms with Crippen LogP contribution in [0.15, 0.2) is 24.4 Å². The second-order valence-corrected chi connectivity index (χ2v) is 10.2. The lowest BCUT2D eigenvalue weighted by Gasteiger charge is -2.34. The predicted octanol–water partition coefficient (Wildman–Crippen LogP) is 3.59. The first-order chi connectivity index (χ1) is 15.9. The van der Waals surface area contributed by atoms with Gasteiger partial charge >= 0.3 is 17.9 Å². The van der Waals surface area contributed by atoms with Crippen LogP contribution in [0, 0.1) is 6.92 Å². The Morgan fingerprint density at radius 3 is 2.53 bits per heavy atom. The molecule has 1 atom stereocenters. The third-order valence-electron chi connectivity index (χ3n) is 5.11. The molecule has 11 heteroatoms. The van der Waals surface area contributed by atoms with E-state index in [2.05, 4.69) is 15.6 Å². The molecule has 182 valence electrons. The van der Waals surface area contributed by atoms with E-state index >= 15 is 0 Å². The Balaban J connectivity index is 1.68. The van der Waals surface area contributed by atoms with Crippen molar-refractivity contribution in [2.75, 3.05) is 17.2 Å². The van der Waals surface area contributed by atoms with Gasteiger partial charge in [-0.3, -0.25) is 19.7 Å². The van der Waals surface area contributed by atoms with Crippen LogP contribution in [0.5, 0.6) is 0 Å². The maximum absolute atomic E-state index is 13.0. The fraction of sp³-hybridized carbons (Fsp3) is 0.435. The lowest BCUT2D eigenvalue weighted by atomic mass is 10.0. The third kappa shape index (κ3) is 6.31. The SMILES string of the molecule is Cc1cc(NC(=O)C(=O)N2CCCC[C@H]2c2ccc(C(N)=O)s2)cnc1NC(=O)OC(C)(C)C. The summed E-state index contributed by atoms with van der Waals surface area (Å²) in [5.74, 6) is -1.67. The van der Waals surface area contributed by atoms with Gasteiger partial charge in [0.2, 0.25) is 0 Å². The van der Waals surface area contributed by atoms with Crippen molar-refractivity contribution in [2.24, 2.45) is 5.73 Å². The first kappa shape index (κ1) is 25.2. The molecular weight excluding hydrogens is 458 g/mol. The number of thiophene rings is 1. The van der Waals surface area contributed by atoms with Crippen molar-refractivity contribution in [3.8, 4) is 0 Å². The number of aryl methyl sites for hydroxylation is 1. The van der Waals surface area contributed by atoms with Crippen molar-refractivity contribution in [1.82, 2.24) is 9.88 Å². The molecule has 4 N–H and O–H groups in total. The molecule has 0 aliphatic carbocycles. The molecule has 0 aromatic carbocycles. The van der Waals surface area contributed by atoms with Gasteiger partial charge in [0.1, 0.15) is 11.4 Å². The van der Waals surface area contributed by atoms with E-state index in [0.29, 0.717) is 29.1 Å². The highest BCUT2D eigenvalue weighted by Gasteiger charge is 2.33. The van der Waals surface area contributed by atoms with Crippen LogP contribution >= 0.6 is 11.3 Å². The van der Waals surface area contributed by atoms with E-state index in [1.54, 1.807) is 45.9 Å². The smallest absolute Gasteiger partial charge is 0.413 e. The van der Waals surface area contributed by atoms with Gasteiger partial charge < -0.3 is 20.7 Å². The molecule has 0 radical (unpaired) electrons. The minimum Gasteiger partial charge on any atom is -0.444 e. The number of anilines is 2. The zero-order chi connectivity index (χ0) is 25.0. The summed E-state index contributed by atoms with van der Waals surface area (Å²) in [5, 5.41) is 5.15. The number of nitrogens with one attached hydrogen (secondary N) is 2. The van der Waals surface area contributed by atoms with Crippen LogP contribution in [0.1, 0.15) is 66.2 Å². The molecule has 3 heterocycles. The van der Waals surface area contributed by atoms with Crippen LogP contribution in [-0.4, -0.2) is 45.8 Å². The predicted molar refractivity (Wildman–Crippen MR) is 129 cm³/mol. The van der Waals surface area contributed by atoms with Crippen molar-refractivity contribution in [1.29, 1.82) is 0 Å². The zero-order valence-electron chi connectivity index (χ0n) is 19.6. The summed E-state index contributed by atoms with van der Waals surface area (Å²) in [6, 6.07) is 4.74. The Labute approximate surface area is 201 Å². The number of ether oxygens (including phenoxy) is 1. The molecule has 10 nitrogen and oxygen atoms in total. The van der Waals surface area contributed by atoms with E-state index in [4.69, 9.17) is 10.5 Å². The van der Waals surface area contributed by atoms with Crippen LogP contribution in [0.25, 0.3) is 0 Å². The van der Waals surface area contributed by atoms with E-state index in [1.165, 1.54) is 22.4 Å². The van der Waals surface area contributed by atoms with Gasteiger partial charge in [-0.25, -0.2) is 9.78 Å². The number of likely N-dealkylation sites (tertiary alicyclic amines) is 1. The third-order valence-corrected chi connectivity index (χ3v) is 6.31. The molecule has 2 aromatic rings. The average Bonchev–Trinajstić information content (AvgIpc) is 3.24. The summed E-state index contributed by atoms with van der Waals surface area (Å²) >= 11 is 1.24. The van der Waals surface area contributed by atoms with E-state index in [1.807, 2.05) is 0 Å². The largest absolute Gasteiger partial charge is 0.444 e. The van der Waals surface area contributed by atoms with E-state index < -0.39 is 29.4 Å². The topological polar surface area (TPSA) is 144 Å². The van der Waals surface area contributed by atoms with Crippen molar-refractivity contribution in [3.05, 3.63) is 39.7 Å². The second kappa shape index (κ2) is 10.2. The van der Waals surface area contributed by atoms with Crippen molar-refractivity contribution in [2.45, 2.75) is 58.6 Å². The number of amides is 4. The van der Waals surface area contributed by atoms with Gasteiger partial charge in [-0.1, -0.05) is 0 Å².